The second-order valence-corrected chi connectivity index (χ2v) is 24.1. The zero-order valence-electron chi connectivity index (χ0n) is 35.6. The SMILES string of the molecule is COc1ccc([C@@H]2C3=C(c4ccccc4)C4(SP(C3)SC2(/C=C(\c2ccccc2)C2c3ccccc3-c3ccccc32)c2ccc(OC)cc2)c2ccccc2-c2ccccc24)cc1. The van der Waals surface area contributed by atoms with Crippen molar-refractivity contribution in [1.29, 1.82) is 0 Å². The van der Waals surface area contributed by atoms with E-state index < -0.39 is 15.8 Å². The maximum atomic E-state index is 5.87. The summed E-state index contributed by atoms with van der Waals surface area (Å²) in [6.07, 6.45) is 3.01. The molecule has 0 amide bonds. The standard InChI is InChI=1S/C59H45O2PS2/c1-60-43-33-29-41(30-34-43)56-52-38-62(64-59(57(52)40-19-7-4-8-20-40)53-27-15-13-23-47(53)48-24-14-16-28-54(48)59)63-58(56,42-31-35-44(61-2)36-32-42)37-51(39-17-5-3-6-18-39)55-49-25-11-9-21-45(49)46-22-10-12-26-50(46)55/h3-37,55-56H,38H2,1-2H3/b51-37+/t56-,58?,62?/m1/s1. The molecule has 5 heteroatoms. The molecule has 3 atom stereocenters. The van der Waals surface area contributed by atoms with Crippen molar-refractivity contribution in [1.82, 2.24) is 0 Å². The van der Waals surface area contributed by atoms with Gasteiger partial charge in [-0.1, -0.05) is 188 Å². The van der Waals surface area contributed by atoms with Gasteiger partial charge in [-0.3, -0.25) is 0 Å². The molecule has 2 aliphatic heterocycles. The van der Waals surface area contributed by atoms with Gasteiger partial charge in [0.05, 0.1) is 23.7 Å². The van der Waals surface area contributed by atoms with Crippen LogP contribution in [0.1, 0.15) is 56.3 Å². The predicted molar refractivity (Wildman–Crippen MR) is 272 cm³/mol. The van der Waals surface area contributed by atoms with E-state index in [1.54, 1.807) is 14.2 Å². The number of methoxy groups -OCH3 is 2. The van der Waals surface area contributed by atoms with E-state index in [2.05, 4.69) is 235 Å². The smallest absolute Gasteiger partial charge is 0.118 e. The predicted octanol–water partition coefficient (Wildman–Crippen LogP) is 15.8. The zero-order valence-corrected chi connectivity index (χ0v) is 38.2. The normalized spacial score (nSPS) is 20.3. The number of hydrogen-bond acceptors (Lipinski definition) is 4. The third kappa shape index (κ3) is 6.07. The highest BCUT2D eigenvalue weighted by Crippen LogP contribution is 2.85. The summed E-state index contributed by atoms with van der Waals surface area (Å²) in [4.78, 5) is 0. The Balaban J connectivity index is 1.23. The zero-order chi connectivity index (χ0) is 42.8. The Morgan fingerprint density at radius 1 is 0.531 bits per heavy atom. The number of rotatable bonds is 8. The summed E-state index contributed by atoms with van der Waals surface area (Å²) in [6.45, 7) is 0. The largest absolute Gasteiger partial charge is 0.497 e. The number of hydrogen-bond donors (Lipinski definition) is 0. The Morgan fingerprint density at radius 3 is 1.61 bits per heavy atom. The molecule has 2 nitrogen and oxygen atoms in total. The number of benzene rings is 8. The van der Waals surface area contributed by atoms with E-state index in [4.69, 9.17) is 9.47 Å². The molecule has 8 aromatic rings. The van der Waals surface area contributed by atoms with Crippen molar-refractivity contribution in [2.24, 2.45) is 0 Å². The van der Waals surface area contributed by atoms with Gasteiger partial charge in [-0.2, -0.15) is 0 Å². The first-order chi connectivity index (χ1) is 31.6. The molecule has 1 spiro atoms. The van der Waals surface area contributed by atoms with Crippen LogP contribution in [0.4, 0.5) is 0 Å². The molecule has 2 aliphatic carbocycles. The minimum atomic E-state index is -0.739. The molecule has 8 aromatic carbocycles. The van der Waals surface area contributed by atoms with Crippen LogP contribution in [-0.2, 0) is 9.49 Å². The van der Waals surface area contributed by atoms with Crippen LogP contribution in [0.5, 0.6) is 11.5 Å². The first-order valence-electron chi connectivity index (χ1n) is 22.0. The first-order valence-corrected chi connectivity index (χ1v) is 26.4. The molecular formula is C59H45O2PS2. The van der Waals surface area contributed by atoms with Crippen LogP contribution in [0.25, 0.3) is 33.4 Å². The number of fused-ring (bicyclic) bond motifs is 10. The summed E-state index contributed by atoms with van der Waals surface area (Å²) in [5.74, 6) is 1.69. The molecule has 2 bridgehead atoms. The molecule has 0 N–H and O–H groups in total. The molecule has 310 valence electrons. The van der Waals surface area contributed by atoms with Gasteiger partial charge in [0.25, 0.3) is 0 Å². The van der Waals surface area contributed by atoms with E-state index in [0.717, 1.165) is 17.7 Å². The lowest BCUT2D eigenvalue weighted by atomic mass is 9.69. The number of allylic oxidation sites excluding steroid dienone is 2. The van der Waals surface area contributed by atoms with Crippen molar-refractivity contribution in [3.05, 3.63) is 262 Å². The third-order valence-electron chi connectivity index (χ3n) is 13.8. The van der Waals surface area contributed by atoms with E-state index in [1.807, 2.05) is 0 Å². The fraction of sp³-hybridized carbons (Fsp3) is 0.119. The molecular weight excluding hydrogens is 836 g/mol. The highest BCUT2D eigenvalue weighted by atomic mass is 33.1. The average molecular weight is 881 g/mol. The second kappa shape index (κ2) is 15.9. The van der Waals surface area contributed by atoms with Crippen LogP contribution >= 0.6 is 29.1 Å². The van der Waals surface area contributed by atoms with Crippen molar-refractivity contribution in [2.45, 2.75) is 21.3 Å². The summed E-state index contributed by atoms with van der Waals surface area (Å²) in [5, 5.41) is 0. The van der Waals surface area contributed by atoms with Crippen molar-refractivity contribution >= 4 is 40.2 Å². The molecule has 1 fully saturated rings. The average Bonchev–Trinajstić information content (AvgIpc) is 3.84. The molecule has 4 aliphatic rings. The fourth-order valence-electron chi connectivity index (χ4n) is 11.2. The Bertz CT molecular complexity index is 3030. The monoisotopic (exact) mass is 880 g/mol. The first kappa shape index (κ1) is 39.6. The highest BCUT2D eigenvalue weighted by Gasteiger charge is 2.59. The fourth-order valence-corrected chi connectivity index (χ4v) is 21.7. The summed E-state index contributed by atoms with van der Waals surface area (Å²) in [5.41, 5.74) is 20.2. The van der Waals surface area contributed by atoms with Crippen LogP contribution in [0.2, 0.25) is 0 Å². The van der Waals surface area contributed by atoms with Gasteiger partial charge in [-0.05, 0) is 108 Å². The molecule has 2 heterocycles. The molecule has 0 saturated carbocycles. The number of ether oxygens (including phenoxy) is 2. The van der Waals surface area contributed by atoms with E-state index in [9.17, 15) is 0 Å². The summed E-state index contributed by atoms with van der Waals surface area (Å²) in [7, 11) is 3.53. The van der Waals surface area contributed by atoms with E-state index in [1.165, 1.54) is 83.5 Å². The molecule has 1 saturated heterocycles. The van der Waals surface area contributed by atoms with Gasteiger partial charge in [0.2, 0.25) is 0 Å². The maximum Gasteiger partial charge on any atom is 0.118 e. The summed E-state index contributed by atoms with van der Waals surface area (Å²) in [6, 6.07) is 77.1. The van der Waals surface area contributed by atoms with E-state index in [0.29, 0.717) is 0 Å². The minimum Gasteiger partial charge on any atom is -0.497 e. The lowest BCUT2D eigenvalue weighted by molar-refractivity contribution is 0.414. The lowest BCUT2D eigenvalue weighted by Gasteiger charge is -2.54. The van der Waals surface area contributed by atoms with Gasteiger partial charge in [0.1, 0.15) is 11.5 Å². The van der Waals surface area contributed by atoms with Crippen LogP contribution in [0.15, 0.2) is 218 Å². The Kier molecular flexibility index (Phi) is 9.82. The molecule has 12 rings (SSSR count). The summed E-state index contributed by atoms with van der Waals surface area (Å²) < 4.78 is 10.8. The Labute approximate surface area is 385 Å². The van der Waals surface area contributed by atoms with Crippen LogP contribution in [0, 0.1) is 0 Å². The van der Waals surface area contributed by atoms with Crippen LogP contribution in [-0.4, -0.2) is 20.4 Å². The van der Waals surface area contributed by atoms with Gasteiger partial charge in [-0.25, -0.2) is 0 Å². The van der Waals surface area contributed by atoms with Crippen LogP contribution < -0.4 is 9.47 Å². The van der Waals surface area contributed by atoms with Crippen molar-refractivity contribution < 1.29 is 9.47 Å². The van der Waals surface area contributed by atoms with Crippen molar-refractivity contribution in [2.75, 3.05) is 20.4 Å². The highest BCUT2D eigenvalue weighted by molar-refractivity contribution is 8.89. The van der Waals surface area contributed by atoms with Gasteiger partial charge in [0, 0.05) is 24.3 Å². The minimum absolute atomic E-state index is 0.0340. The lowest BCUT2D eigenvalue weighted by Crippen LogP contribution is -2.39. The van der Waals surface area contributed by atoms with Crippen LogP contribution in [0.3, 0.4) is 0 Å². The molecule has 2 unspecified atom stereocenters. The maximum absolute atomic E-state index is 5.87. The molecule has 0 radical (unpaired) electrons. The van der Waals surface area contributed by atoms with Gasteiger partial charge in [0.15, 0.2) is 0 Å². The van der Waals surface area contributed by atoms with Gasteiger partial charge < -0.3 is 9.47 Å². The van der Waals surface area contributed by atoms with Gasteiger partial charge in [-0.15, -0.1) is 22.8 Å². The molecule has 0 aromatic heterocycles. The Morgan fingerprint density at radius 2 is 1.03 bits per heavy atom. The van der Waals surface area contributed by atoms with Crippen molar-refractivity contribution in [3.8, 4) is 33.8 Å². The third-order valence-corrected chi connectivity index (χ3v) is 21.7. The second-order valence-electron chi connectivity index (χ2n) is 17.0. The summed E-state index contributed by atoms with van der Waals surface area (Å²) >= 11 is 4.43. The quantitative estimate of drug-likeness (QED) is 0.142. The van der Waals surface area contributed by atoms with Gasteiger partial charge >= 0.3 is 0 Å². The molecule has 64 heavy (non-hydrogen) atoms. The van der Waals surface area contributed by atoms with Crippen molar-refractivity contribution in [3.63, 3.8) is 0 Å². The van der Waals surface area contributed by atoms with E-state index >= 15 is 0 Å². The van der Waals surface area contributed by atoms with E-state index in [-0.39, 0.29) is 11.8 Å². The Hall–Kier alpha value is -6.03. The topological polar surface area (TPSA) is 18.5 Å².